The van der Waals surface area contributed by atoms with Crippen LogP contribution in [0.1, 0.15) is 64.1 Å². The molecule has 0 aromatic carbocycles. The van der Waals surface area contributed by atoms with E-state index < -0.39 is 0 Å². The topological polar surface area (TPSA) is 24.9 Å². The van der Waals surface area contributed by atoms with Gasteiger partial charge >= 0.3 is 0 Å². The van der Waals surface area contributed by atoms with Crippen LogP contribution < -0.4 is 5.32 Å². The molecule has 108 valence electrons. The Morgan fingerprint density at radius 3 is 2.63 bits per heavy atom. The predicted octanol–water partition coefficient (Wildman–Crippen LogP) is 4.38. The van der Waals surface area contributed by atoms with Crippen molar-refractivity contribution in [2.45, 2.75) is 70.2 Å². The smallest absolute Gasteiger partial charge is 0.114 e. The van der Waals surface area contributed by atoms with Gasteiger partial charge in [-0.1, -0.05) is 20.8 Å². The van der Waals surface area contributed by atoms with Crippen molar-refractivity contribution in [3.8, 4) is 0 Å². The fraction of sp³-hybridized carbons (Fsp3) is 0.800. The van der Waals surface area contributed by atoms with Crippen molar-refractivity contribution in [2.75, 3.05) is 5.75 Å². The summed E-state index contributed by atoms with van der Waals surface area (Å²) < 4.78 is 0. The predicted molar refractivity (Wildman–Crippen MR) is 87.3 cm³/mol. The Labute approximate surface area is 125 Å². The minimum absolute atomic E-state index is 0.0783. The van der Waals surface area contributed by atoms with Crippen LogP contribution in [0, 0.1) is 0 Å². The highest BCUT2D eigenvalue weighted by Crippen LogP contribution is 2.43. The van der Waals surface area contributed by atoms with Gasteiger partial charge in [-0.2, -0.15) is 11.8 Å². The lowest BCUT2D eigenvalue weighted by atomic mass is 9.89. The molecule has 1 aliphatic rings. The van der Waals surface area contributed by atoms with Crippen molar-refractivity contribution < 1.29 is 0 Å². The van der Waals surface area contributed by atoms with Gasteiger partial charge in [-0.15, -0.1) is 11.3 Å². The first-order valence-electron chi connectivity index (χ1n) is 7.31. The van der Waals surface area contributed by atoms with Gasteiger partial charge in [0.15, 0.2) is 0 Å². The van der Waals surface area contributed by atoms with E-state index in [9.17, 15) is 0 Å². The molecule has 2 atom stereocenters. The molecule has 2 rings (SSSR count). The highest BCUT2D eigenvalue weighted by Gasteiger charge is 2.43. The van der Waals surface area contributed by atoms with E-state index in [0.717, 1.165) is 0 Å². The third kappa shape index (κ3) is 3.17. The maximum atomic E-state index is 4.95. The molecule has 0 aliphatic carbocycles. The van der Waals surface area contributed by atoms with Gasteiger partial charge in [-0.25, -0.2) is 4.98 Å². The molecule has 2 heterocycles. The standard InChI is InChI=1S/C15H26N2S2/c1-10(2)13-9-19-14(16-13)15(17-11(3)4)7-6-8-18-12(15)5/h9-12,17H,6-8H2,1-5H3. The number of aromatic nitrogens is 1. The minimum Gasteiger partial charge on any atom is -0.302 e. The zero-order valence-corrected chi connectivity index (χ0v) is 14.3. The van der Waals surface area contributed by atoms with E-state index in [0.29, 0.717) is 17.2 Å². The molecule has 1 aromatic heterocycles. The Kier molecular flexibility index (Phi) is 4.96. The Morgan fingerprint density at radius 2 is 2.11 bits per heavy atom. The van der Waals surface area contributed by atoms with E-state index in [-0.39, 0.29) is 5.54 Å². The molecule has 1 fully saturated rings. The van der Waals surface area contributed by atoms with Gasteiger partial charge in [-0.05, 0) is 38.4 Å². The van der Waals surface area contributed by atoms with E-state index in [1.165, 1.54) is 29.3 Å². The van der Waals surface area contributed by atoms with E-state index in [1.807, 2.05) is 11.3 Å². The number of thiazole rings is 1. The highest BCUT2D eigenvalue weighted by molar-refractivity contribution is 8.00. The summed E-state index contributed by atoms with van der Waals surface area (Å²) in [5.41, 5.74) is 1.32. The number of thioether (sulfide) groups is 1. The van der Waals surface area contributed by atoms with Crippen molar-refractivity contribution in [3.63, 3.8) is 0 Å². The third-order valence-corrected chi connectivity index (χ3v) is 6.28. The van der Waals surface area contributed by atoms with Crippen LogP contribution in [0.25, 0.3) is 0 Å². The summed E-state index contributed by atoms with van der Waals surface area (Å²) in [7, 11) is 0. The normalized spacial score (nSPS) is 28.3. The van der Waals surface area contributed by atoms with E-state index in [2.05, 4.69) is 57.1 Å². The molecular formula is C15H26N2S2. The molecule has 0 spiro atoms. The molecular weight excluding hydrogens is 272 g/mol. The second-order valence-corrected chi connectivity index (χ2v) is 8.43. The summed E-state index contributed by atoms with van der Waals surface area (Å²) in [6.45, 7) is 11.3. The van der Waals surface area contributed by atoms with Gasteiger partial charge in [0.25, 0.3) is 0 Å². The summed E-state index contributed by atoms with van der Waals surface area (Å²) in [5, 5.41) is 7.97. The lowest BCUT2D eigenvalue weighted by Gasteiger charge is -2.43. The first kappa shape index (κ1) is 15.3. The largest absolute Gasteiger partial charge is 0.302 e. The third-order valence-electron chi connectivity index (χ3n) is 3.82. The molecule has 0 amide bonds. The van der Waals surface area contributed by atoms with E-state index >= 15 is 0 Å². The summed E-state index contributed by atoms with van der Waals surface area (Å²) in [5.74, 6) is 1.80. The second-order valence-electron chi connectivity index (χ2n) is 6.12. The lowest BCUT2D eigenvalue weighted by Crippen LogP contribution is -2.53. The Morgan fingerprint density at radius 1 is 1.37 bits per heavy atom. The molecule has 4 heteroatoms. The Balaban J connectivity index is 2.35. The van der Waals surface area contributed by atoms with Gasteiger partial charge < -0.3 is 5.32 Å². The number of nitrogens with one attached hydrogen (secondary N) is 1. The monoisotopic (exact) mass is 298 g/mol. The molecule has 19 heavy (non-hydrogen) atoms. The highest BCUT2D eigenvalue weighted by atomic mass is 32.2. The molecule has 0 radical (unpaired) electrons. The average Bonchev–Trinajstić information content (AvgIpc) is 2.81. The minimum atomic E-state index is 0.0783. The average molecular weight is 299 g/mol. The quantitative estimate of drug-likeness (QED) is 0.893. The zero-order chi connectivity index (χ0) is 14.0. The molecule has 1 aromatic rings. The summed E-state index contributed by atoms with van der Waals surface area (Å²) in [6.07, 6.45) is 2.50. The van der Waals surface area contributed by atoms with Gasteiger partial charge in [0.1, 0.15) is 5.01 Å². The fourth-order valence-electron chi connectivity index (χ4n) is 2.76. The summed E-state index contributed by atoms with van der Waals surface area (Å²) >= 11 is 3.93. The molecule has 2 unspecified atom stereocenters. The summed E-state index contributed by atoms with van der Waals surface area (Å²) in [4.78, 5) is 4.95. The maximum Gasteiger partial charge on any atom is 0.114 e. The van der Waals surface area contributed by atoms with Gasteiger partial charge in [0.2, 0.25) is 0 Å². The molecule has 0 bridgehead atoms. The lowest BCUT2D eigenvalue weighted by molar-refractivity contribution is 0.271. The zero-order valence-electron chi connectivity index (χ0n) is 12.7. The van der Waals surface area contributed by atoms with Crippen molar-refractivity contribution in [2.24, 2.45) is 0 Å². The second kappa shape index (κ2) is 6.15. The summed E-state index contributed by atoms with van der Waals surface area (Å²) in [6, 6.07) is 0.493. The van der Waals surface area contributed by atoms with Crippen LogP contribution in [-0.4, -0.2) is 22.0 Å². The Bertz CT molecular complexity index is 414. The number of hydrogen-bond acceptors (Lipinski definition) is 4. The van der Waals surface area contributed by atoms with Crippen LogP contribution in [0.15, 0.2) is 5.38 Å². The van der Waals surface area contributed by atoms with E-state index in [1.54, 1.807) is 0 Å². The van der Waals surface area contributed by atoms with Crippen LogP contribution >= 0.6 is 23.1 Å². The van der Waals surface area contributed by atoms with Crippen LogP contribution in [0.5, 0.6) is 0 Å². The van der Waals surface area contributed by atoms with Crippen molar-refractivity contribution in [1.29, 1.82) is 0 Å². The molecule has 1 saturated heterocycles. The fourth-order valence-corrected chi connectivity index (χ4v) is 5.34. The number of nitrogens with zero attached hydrogens (tertiary/aromatic N) is 1. The number of rotatable bonds is 4. The van der Waals surface area contributed by atoms with Gasteiger partial charge in [0, 0.05) is 16.7 Å². The first-order valence-corrected chi connectivity index (χ1v) is 9.23. The molecule has 1 N–H and O–H groups in total. The van der Waals surface area contributed by atoms with Gasteiger partial charge in [-0.3, -0.25) is 0 Å². The molecule has 2 nitrogen and oxygen atoms in total. The van der Waals surface area contributed by atoms with E-state index in [4.69, 9.17) is 4.98 Å². The number of hydrogen-bond donors (Lipinski definition) is 1. The van der Waals surface area contributed by atoms with Gasteiger partial charge in [0.05, 0.1) is 11.2 Å². The van der Waals surface area contributed by atoms with Crippen LogP contribution in [0.2, 0.25) is 0 Å². The molecule has 1 aliphatic heterocycles. The van der Waals surface area contributed by atoms with Crippen LogP contribution in [0.3, 0.4) is 0 Å². The van der Waals surface area contributed by atoms with Crippen molar-refractivity contribution in [1.82, 2.24) is 10.3 Å². The molecule has 0 saturated carbocycles. The first-order chi connectivity index (χ1) is 8.95. The van der Waals surface area contributed by atoms with Crippen LogP contribution in [-0.2, 0) is 5.54 Å². The SMILES string of the molecule is CC(C)NC1(c2nc(C(C)C)cs2)CCCSC1C. The maximum absolute atomic E-state index is 4.95. The van der Waals surface area contributed by atoms with Crippen molar-refractivity contribution >= 4 is 23.1 Å². The van der Waals surface area contributed by atoms with Crippen molar-refractivity contribution in [3.05, 3.63) is 16.1 Å². The Hall–Kier alpha value is -0.0600. The van der Waals surface area contributed by atoms with Crippen LogP contribution in [0.4, 0.5) is 0 Å².